The molecular weight excluding hydrogens is 246 g/mol. The number of nitrogens with zero attached hydrogens (tertiary/aromatic N) is 1. The Bertz CT molecular complexity index is 298. The molecule has 0 radical (unpaired) electrons. The van der Waals surface area contributed by atoms with Gasteiger partial charge in [0.05, 0.1) is 12.1 Å². The summed E-state index contributed by atoms with van der Waals surface area (Å²) >= 11 is 1.99. The van der Waals surface area contributed by atoms with E-state index in [1.165, 1.54) is 6.42 Å². The molecule has 3 fully saturated rings. The van der Waals surface area contributed by atoms with Crippen LogP contribution in [0.5, 0.6) is 0 Å². The van der Waals surface area contributed by atoms with Crippen LogP contribution in [-0.4, -0.2) is 47.6 Å². The summed E-state index contributed by atoms with van der Waals surface area (Å²) in [5, 5.41) is 0. The number of rotatable bonds is 2. The Labute approximate surface area is 114 Å². The van der Waals surface area contributed by atoms with Gasteiger partial charge in [0, 0.05) is 19.1 Å². The first-order chi connectivity index (χ1) is 8.86. The van der Waals surface area contributed by atoms with E-state index in [2.05, 4.69) is 4.90 Å². The summed E-state index contributed by atoms with van der Waals surface area (Å²) in [5.41, 5.74) is 0. The lowest BCUT2D eigenvalue weighted by molar-refractivity contribution is -0.138. The molecule has 0 N–H and O–H groups in total. The van der Waals surface area contributed by atoms with Gasteiger partial charge in [0.25, 0.3) is 0 Å². The summed E-state index contributed by atoms with van der Waals surface area (Å²) in [5.74, 6) is 3.05. The van der Waals surface area contributed by atoms with E-state index in [1.54, 1.807) is 0 Å². The number of carbonyl (C=O) groups is 1. The predicted octanol–water partition coefficient (Wildman–Crippen LogP) is 2.30. The van der Waals surface area contributed by atoms with Gasteiger partial charge in [-0.25, -0.2) is 0 Å². The zero-order chi connectivity index (χ0) is 12.4. The van der Waals surface area contributed by atoms with Crippen LogP contribution in [0.15, 0.2) is 0 Å². The lowest BCUT2D eigenvalue weighted by Crippen LogP contribution is -2.45. The monoisotopic (exact) mass is 269 g/mol. The fourth-order valence-corrected chi connectivity index (χ4v) is 4.64. The van der Waals surface area contributed by atoms with Crippen molar-refractivity contribution in [2.24, 2.45) is 5.92 Å². The molecule has 0 aromatic carbocycles. The Hall–Kier alpha value is -0.220. The number of carbonyl (C=O) groups excluding carboxylic acids is 1. The van der Waals surface area contributed by atoms with Crippen LogP contribution in [0.3, 0.4) is 0 Å². The maximum absolute atomic E-state index is 12.6. The van der Waals surface area contributed by atoms with Crippen LogP contribution < -0.4 is 0 Å². The molecule has 0 saturated carbocycles. The minimum absolute atomic E-state index is 0.299. The Morgan fingerprint density at radius 3 is 2.67 bits per heavy atom. The average Bonchev–Trinajstić information content (AvgIpc) is 3.09. The van der Waals surface area contributed by atoms with Gasteiger partial charge in [-0.15, -0.1) is 0 Å². The van der Waals surface area contributed by atoms with Crippen LogP contribution in [0, 0.1) is 5.92 Å². The minimum atomic E-state index is 0.299. The van der Waals surface area contributed by atoms with Crippen molar-refractivity contribution in [3.63, 3.8) is 0 Å². The van der Waals surface area contributed by atoms with E-state index in [4.69, 9.17) is 4.74 Å². The van der Waals surface area contributed by atoms with E-state index < -0.39 is 0 Å². The number of hydrogen-bond acceptors (Lipinski definition) is 3. The molecule has 3 rings (SSSR count). The second kappa shape index (κ2) is 5.83. The molecule has 2 atom stereocenters. The van der Waals surface area contributed by atoms with Gasteiger partial charge in [-0.3, -0.25) is 4.79 Å². The fourth-order valence-electron chi connectivity index (χ4n) is 3.54. The van der Waals surface area contributed by atoms with Crippen molar-refractivity contribution in [1.29, 1.82) is 0 Å². The summed E-state index contributed by atoms with van der Waals surface area (Å²) in [4.78, 5) is 14.8. The maximum Gasteiger partial charge on any atom is 0.226 e. The van der Waals surface area contributed by atoms with Gasteiger partial charge < -0.3 is 9.64 Å². The molecule has 3 aliphatic rings. The summed E-state index contributed by atoms with van der Waals surface area (Å²) in [6.07, 6.45) is 7.12. The molecule has 3 aliphatic heterocycles. The highest BCUT2D eigenvalue weighted by Crippen LogP contribution is 2.32. The van der Waals surface area contributed by atoms with E-state index in [9.17, 15) is 4.79 Å². The van der Waals surface area contributed by atoms with Crippen molar-refractivity contribution in [2.75, 3.05) is 24.7 Å². The van der Waals surface area contributed by atoms with Gasteiger partial charge in [-0.2, -0.15) is 11.8 Å². The van der Waals surface area contributed by atoms with Crippen molar-refractivity contribution >= 4 is 17.7 Å². The molecule has 3 nitrogen and oxygen atoms in total. The van der Waals surface area contributed by atoms with Gasteiger partial charge in [-0.05, 0) is 50.0 Å². The molecule has 0 spiro atoms. The van der Waals surface area contributed by atoms with E-state index in [0.717, 1.165) is 56.8 Å². The number of amides is 1. The quantitative estimate of drug-likeness (QED) is 0.770. The second-order valence-corrected chi connectivity index (χ2v) is 6.90. The Morgan fingerprint density at radius 2 is 1.94 bits per heavy atom. The zero-order valence-electron chi connectivity index (χ0n) is 11.0. The van der Waals surface area contributed by atoms with Gasteiger partial charge >= 0.3 is 0 Å². The predicted molar refractivity (Wildman–Crippen MR) is 73.8 cm³/mol. The van der Waals surface area contributed by atoms with Crippen molar-refractivity contribution in [3.05, 3.63) is 0 Å². The van der Waals surface area contributed by atoms with Gasteiger partial charge in [0.2, 0.25) is 5.91 Å². The summed E-state index contributed by atoms with van der Waals surface area (Å²) in [6.45, 7) is 1.86. The van der Waals surface area contributed by atoms with Gasteiger partial charge in [0.1, 0.15) is 0 Å². The van der Waals surface area contributed by atoms with Crippen molar-refractivity contribution in [3.8, 4) is 0 Å². The van der Waals surface area contributed by atoms with Crippen LogP contribution in [0.4, 0.5) is 0 Å². The van der Waals surface area contributed by atoms with E-state index in [1.807, 2.05) is 11.8 Å². The third-order valence-electron chi connectivity index (χ3n) is 4.55. The highest BCUT2D eigenvalue weighted by Gasteiger charge is 2.39. The lowest BCUT2D eigenvalue weighted by Gasteiger charge is -2.33. The molecule has 0 bridgehead atoms. The highest BCUT2D eigenvalue weighted by atomic mass is 32.2. The molecule has 2 unspecified atom stereocenters. The third kappa shape index (κ3) is 2.55. The normalized spacial score (nSPS) is 34.1. The van der Waals surface area contributed by atoms with E-state index >= 15 is 0 Å². The molecule has 3 heterocycles. The topological polar surface area (TPSA) is 29.5 Å². The zero-order valence-corrected chi connectivity index (χ0v) is 11.8. The SMILES string of the molecule is O=C(C1CCSCC1)N1CCCC1C1CCCO1. The van der Waals surface area contributed by atoms with Gasteiger partial charge in [0.15, 0.2) is 0 Å². The standard InChI is InChI=1S/C14H23NO2S/c16-14(11-5-9-18-10-6-11)15-7-1-3-12(15)13-4-2-8-17-13/h11-13H,1-10H2. The number of ether oxygens (including phenoxy) is 1. The summed E-state index contributed by atoms with van der Waals surface area (Å²) < 4.78 is 5.81. The maximum atomic E-state index is 12.6. The molecular formula is C14H23NO2S. The van der Waals surface area contributed by atoms with Crippen LogP contribution >= 0.6 is 11.8 Å². The van der Waals surface area contributed by atoms with Crippen molar-refractivity contribution in [2.45, 2.75) is 50.7 Å². The smallest absolute Gasteiger partial charge is 0.226 e. The van der Waals surface area contributed by atoms with E-state index in [0.29, 0.717) is 24.0 Å². The van der Waals surface area contributed by atoms with Crippen molar-refractivity contribution < 1.29 is 9.53 Å². The molecule has 4 heteroatoms. The van der Waals surface area contributed by atoms with Crippen LogP contribution in [0.25, 0.3) is 0 Å². The number of thioether (sulfide) groups is 1. The molecule has 0 aliphatic carbocycles. The molecule has 0 aromatic heterocycles. The van der Waals surface area contributed by atoms with E-state index in [-0.39, 0.29) is 0 Å². The highest BCUT2D eigenvalue weighted by molar-refractivity contribution is 7.99. The third-order valence-corrected chi connectivity index (χ3v) is 5.60. The first kappa shape index (κ1) is 12.8. The molecule has 3 saturated heterocycles. The van der Waals surface area contributed by atoms with Crippen LogP contribution in [0.1, 0.15) is 38.5 Å². The summed E-state index contributed by atoms with van der Waals surface area (Å²) in [7, 11) is 0. The first-order valence-corrected chi connectivity index (χ1v) is 8.51. The largest absolute Gasteiger partial charge is 0.376 e. The van der Waals surface area contributed by atoms with Gasteiger partial charge in [-0.1, -0.05) is 0 Å². The Kier molecular flexibility index (Phi) is 4.14. The Balaban J connectivity index is 1.63. The van der Waals surface area contributed by atoms with Crippen molar-refractivity contribution in [1.82, 2.24) is 4.90 Å². The molecule has 1 amide bonds. The first-order valence-electron chi connectivity index (χ1n) is 7.36. The van der Waals surface area contributed by atoms with Crippen LogP contribution in [-0.2, 0) is 9.53 Å². The van der Waals surface area contributed by atoms with Crippen LogP contribution in [0.2, 0.25) is 0 Å². The Morgan fingerprint density at radius 1 is 1.11 bits per heavy atom. The lowest BCUT2D eigenvalue weighted by atomic mass is 9.99. The molecule has 18 heavy (non-hydrogen) atoms. The number of hydrogen-bond donors (Lipinski definition) is 0. The summed E-state index contributed by atoms with van der Waals surface area (Å²) in [6, 6.07) is 0.384. The molecule has 102 valence electrons. The fraction of sp³-hybridized carbons (Fsp3) is 0.929. The molecule has 0 aromatic rings. The second-order valence-electron chi connectivity index (χ2n) is 5.68. The number of likely N-dealkylation sites (tertiary alicyclic amines) is 1. The average molecular weight is 269 g/mol. The minimum Gasteiger partial charge on any atom is -0.376 e.